The summed E-state index contributed by atoms with van der Waals surface area (Å²) in [5.41, 5.74) is 11.8. The average molecular weight is 516 g/mol. The van der Waals surface area contributed by atoms with E-state index in [1.807, 2.05) is 48.5 Å². The van der Waals surface area contributed by atoms with Gasteiger partial charge in [-0.15, -0.1) is 11.6 Å². The van der Waals surface area contributed by atoms with Crippen molar-refractivity contribution in [3.8, 4) is 11.1 Å². The molecular formula is C28H26ClN5O3. The highest BCUT2D eigenvalue weighted by atomic mass is 35.5. The molecule has 0 radical (unpaired) electrons. The van der Waals surface area contributed by atoms with Crippen LogP contribution in [0.3, 0.4) is 0 Å². The van der Waals surface area contributed by atoms with Gasteiger partial charge in [-0.25, -0.2) is 9.97 Å². The Bertz CT molecular complexity index is 1480. The molecule has 4 N–H and O–H groups in total. The van der Waals surface area contributed by atoms with Crippen LogP contribution in [0.2, 0.25) is 0 Å². The molecule has 0 bridgehead atoms. The maximum atomic E-state index is 13.6. The lowest BCUT2D eigenvalue weighted by Gasteiger charge is -2.17. The zero-order valence-corrected chi connectivity index (χ0v) is 20.8. The van der Waals surface area contributed by atoms with E-state index in [9.17, 15) is 9.59 Å². The van der Waals surface area contributed by atoms with Crippen molar-refractivity contribution < 1.29 is 14.7 Å². The number of hydrogen-bond donors (Lipinski definition) is 3. The molecule has 3 aromatic carbocycles. The van der Waals surface area contributed by atoms with Gasteiger partial charge in [0.2, 0.25) is 5.95 Å². The van der Waals surface area contributed by atoms with Gasteiger partial charge in [0.05, 0.1) is 12.1 Å². The number of nitrogen functional groups attached to an aromatic ring is 1. The maximum Gasteiger partial charge on any atom is 0.273 e. The lowest BCUT2D eigenvalue weighted by Crippen LogP contribution is -2.27. The molecule has 1 aliphatic rings. The molecule has 1 aliphatic heterocycles. The van der Waals surface area contributed by atoms with Crippen molar-refractivity contribution >= 4 is 40.3 Å². The first-order valence-electron chi connectivity index (χ1n) is 12.0. The molecule has 37 heavy (non-hydrogen) atoms. The van der Waals surface area contributed by atoms with Crippen LogP contribution >= 0.6 is 11.6 Å². The van der Waals surface area contributed by atoms with E-state index in [4.69, 9.17) is 22.4 Å². The van der Waals surface area contributed by atoms with E-state index in [2.05, 4.69) is 15.3 Å². The summed E-state index contributed by atoms with van der Waals surface area (Å²) >= 11 is 5.97. The van der Waals surface area contributed by atoms with Crippen LogP contribution in [-0.4, -0.2) is 50.8 Å². The SMILES string of the molecule is Nc1nc(C(=O)N2Cc3ccccc3C2)c2cc(-c3cc(CCCl)ccc3C(=O)NCCO)ccc2n1. The number of amides is 2. The lowest BCUT2D eigenvalue weighted by molar-refractivity contribution is 0.0747. The van der Waals surface area contributed by atoms with Gasteiger partial charge in [-0.05, 0) is 52.4 Å². The number of fused-ring (bicyclic) bond motifs is 2. The number of aromatic nitrogens is 2. The Kier molecular flexibility index (Phi) is 7.03. The quantitative estimate of drug-likeness (QED) is 0.324. The van der Waals surface area contributed by atoms with Gasteiger partial charge in [-0.3, -0.25) is 9.59 Å². The first-order valence-corrected chi connectivity index (χ1v) is 12.5. The Balaban J connectivity index is 1.59. The number of benzene rings is 3. The monoisotopic (exact) mass is 515 g/mol. The summed E-state index contributed by atoms with van der Waals surface area (Å²) in [4.78, 5) is 36.9. The maximum absolute atomic E-state index is 13.6. The number of halogens is 1. The van der Waals surface area contributed by atoms with Crippen molar-refractivity contribution in [3.63, 3.8) is 0 Å². The van der Waals surface area contributed by atoms with Crippen molar-refractivity contribution in [2.75, 3.05) is 24.8 Å². The molecule has 8 nitrogen and oxygen atoms in total. The highest BCUT2D eigenvalue weighted by Crippen LogP contribution is 2.31. The Labute approximate surface area is 219 Å². The molecule has 0 unspecified atom stereocenters. The van der Waals surface area contributed by atoms with E-state index in [0.29, 0.717) is 47.4 Å². The van der Waals surface area contributed by atoms with Gasteiger partial charge in [0.1, 0.15) is 5.69 Å². The zero-order valence-electron chi connectivity index (χ0n) is 20.1. The molecule has 9 heteroatoms. The number of hydrogen-bond acceptors (Lipinski definition) is 6. The number of carbonyl (C=O) groups excluding carboxylic acids is 2. The number of carbonyl (C=O) groups is 2. The summed E-state index contributed by atoms with van der Waals surface area (Å²) in [6.45, 7) is 0.973. The van der Waals surface area contributed by atoms with Crippen molar-refractivity contribution in [2.24, 2.45) is 0 Å². The number of nitrogens with zero attached hydrogens (tertiary/aromatic N) is 3. The third-order valence-electron chi connectivity index (χ3n) is 6.46. The van der Waals surface area contributed by atoms with Crippen LogP contribution in [0.1, 0.15) is 37.5 Å². The van der Waals surface area contributed by atoms with Gasteiger partial charge in [-0.2, -0.15) is 0 Å². The number of aryl methyl sites for hydroxylation is 1. The summed E-state index contributed by atoms with van der Waals surface area (Å²) in [6, 6.07) is 19.0. The van der Waals surface area contributed by atoms with Crippen LogP contribution in [0.25, 0.3) is 22.0 Å². The van der Waals surface area contributed by atoms with Crippen molar-refractivity contribution in [2.45, 2.75) is 19.5 Å². The summed E-state index contributed by atoms with van der Waals surface area (Å²) in [7, 11) is 0. The van der Waals surface area contributed by atoms with Crippen LogP contribution in [0.15, 0.2) is 60.7 Å². The number of anilines is 1. The van der Waals surface area contributed by atoms with Crippen molar-refractivity contribution in [1.29, 1.82) is 0 Å². The van der Waals surface area contributed by atoms with E-state index >= 15 is 0 Å². The lowest BCUT2D eigenvalue weighted by atomic mass is 9.94. The fourth-order valence-corrected chi connectivity index (χ4v) is 4.88. The molecule has 188 valence electrons. The molecule has 5 rings (SSSR count). The molecule has 0 atom stereocenters. The number of rotatable bonds is 7. The number of alkyl halides is 1. The number of aliphatic hydroxyl groups excluding tert-OH is 1. The molecule has 1 aromatic heterocycles. The molecule has 0 saturated carbocycles. The minimum Gasteiger partial charge on any atom is -0.395 e. The normalized spacial score (nSPS) is 12.5. The summed E-state index contributed by atoms with van der Waals surface area (Å²) < 4.78 is 0. The van der Waals surface area contributed by atoms with Crippen LogP contribution in [0.4, 0.5) is 5.95 Å². The molecule has 2 amide bonds. The second-order valence-electron chi connectivity index (χ2n) is 8.89. The fourth-order valence-electron chi connectivity index (χ4n) is 4.66. The zero-order chi connectivity index (χ0) is 25.9. The second kappa shape index (κ2) is 10.5. The molecule has 0 saturated heterocycles. The van der Waals surface area contributed by atoms with E-state index in [0.717, 1.165) is 22.3 Å². The van der Waals surface area contributed by atoms with E-state index in [1.54, 1.807) is 17.0 Å². The van der Waals surface area contributed by atoms with E-state index in [1.165, 1.54) is 0 Å². The second-order valence-corrected chi connectivity index (χ2v) is 9.27. The van der Waals surface area contributed by atoms with Gasteiger partial charge >= 0.3 is 0 Å². The summed E-state index contributed by atoms with van der Waals surface area (Å²) in [6.07, 6.45) is 0.638. The van der Waals surface area contributed by atoms with E-state index in [-0.39, 0.29) is 36.6 Å². The highest BCUT2D eigenvalue weighted by molar-refractivity contribution is 6.18. The Morgan fingerprint density at radius 2 is 1.78 bits per heavy atom. The third-order valence-corrected chi connectivity index (χ3v) is 6.65. The third kappa shape index (κ3) is 4.98. The van der Waals surface area contributed by atoms with Gasteiger partial charge in [0, 0.05) is 36.5 Å². The van der Waals surface area contributed by atoms with Gasteiger partial charge in [-0.1, -0.05) is 42.5 Å². The van der Waals surface area contributed by atoms with E-state index < -0.39 is 0 Å². The minimum atomic E-state index is -0.304. The first kappa shape index (κ1) is 24.7. The first-order chi connectivity index (χ1) is 18.0. The van der Waals surface area contributed by atoms with Crippen LogP contribution in [-0.2, 0) is 19.5 Å². The molecule has 4 aromatic rings. The Morgan fingerprint density at radius 3 is 2.49 bits per heavy atom. The van der Waals surface area contributed by atoms with Crippen molar-refractivity contribution in [1.82, 2.24) is 20.2 Å². The smallest absolute Gasteiger partial charge is 0.273 e. The average Bonchev–Trinajstić information content (AvgIpc) is 3.35. The number of nitrogens with one attached hydrogen (secondary N) is 1. The standard InChI is InChI=1S/C28H26ClN5O3/c29-10-9-17-5-7-21(26(36)31-11-12-35)22(13-17)18-6-8-24-23(14-18)25(33-28(30)32-24)27(37)34-15-19-3-1-2-4-20(19)16-34/h1-8,13-14,35H,9-12,15-16H2,(H,31,36)(H2,30,32,33). The fraction of sp³-hybridized carbons (Fsp3) is 0.214. The number of aliphatic hydroxyl groups is 1. The molecule has 2 heterocycles. The Hall–Kier alpha value is -4.01. The summed E-state index contributed by atoms with van der Waals surface area (Å²) in [5.74, 6) is -0.0731. The molecule has 0 fully saturated rings. The largest absolute Gasteiger partial charge is 0.395 e. The molecular weight excluding hydrogens is 490 g/mol. The van der Waals surface area contributed by atoms with Gasteiger partial charge < -0.3 is 21.1 Å². The van der Waals surface area contributed by atoms with Crippen LogP contribution < -0.4 is 11.1 Å². The summed E-state index contributed by atoms with van der Waals surface area (Å²) in [5, 5.41) is 12.4. The van der Waals surface area contributed by atoms with Crippen LogP contribution in [0.5, 0.6) is 0 Å². The number of nitrogens with two attached hydrogens (primary N) is 1. The molecule has 0 spiro atoms. The predicted molar refractivity (Wildman–Crippen MR) is 143 cm³/mol. The van der Waals surface area contributed by atoms with Crippen molar-refractivity contribution in [3.05, 3.63) is 88.6 Å². The topological polar surface area (TPSA) is 121 Å². The Morgan fingerprint density at radius 1 is 1.03 bits per heavy atom. The molecule has 0 aliphatic carbocycles. The van der Waals surface area contributed by atoms with Crippen LogP contribution in [0, 0.1) is 0 Å². The predicted octanol–water partition coefficient (Wildman–Crippen LogP) is 3.54. The van der Waals surface area contributed by atoms with Gasteiger partial charge in [0.15, 0.2) is 0 Å². The minimum absolute atomic E-state index is 0.0218. The highest BCUT2D eigenvalue weighted by Gasteiger charge is 2.27. The van der Waals surface area contributed by atoms with Gasteiger partial charge in [0.25, 0.3) is 11.8 Å².